The summed E-state index contributed by atoms with van der Waals surface area (Å²) >= 11 is 0. The molecule has 2 aromatic heterocycles. The molecule has 0 aromatic carbocycles. The molecule has 4 rings (SSSR count). The highest BCUT2D eigenvalue weighted by Crippen LogP contribution is 2.30. The molecule has 2 saturated carbocycles. The van der Waals surface area contributed by atoms with Gasteiger partial charge in [-0.2, -0.15) is 0 Å². The highest BCUT2D eigenvalue weighted by Gasteiger charge is 2.28. The van der Waals surface area contributed by atoms with Gasteiger partial charge in [-0.05, 0) is 63.5 Å². The number of aryl methyl sites for hydroxylation is 1. The standard InChI is InChI=1S/C23H29N3O6/c1-14-19(12-25-23(29)30-13-15-4-2-5-15)21(32-26-14)20-9-8-18(11-24-20)31-17-7-3-6-16(10-17)22(27)28/h8-9,11,15-17H,2-7,10,12-13H2,1H3,(H,25,29)(H,27,28)/t16-,17-/m0/s1. The third-order valence-corrected chi connectivity index (χ3v) is 6.32. The van der Waals surface area contributed by atoms with Crippen LogP contribution in [0.25, 0.3) is 11.5 Å². The molecule has 2 N–H and O–H groups in total. The summed E-state index contributed by atoms with van der Waals surface area (Å²) < 4.78 is 16.7. The zero-order valence-electron chi connectivity index (χ0n) is 18.2. The fraction of sp³-hybridized carbons (Fsp3) is 0.565. The Kier molecular flexibility index (Phi) is 6.92. The van der Waals surface area contributed by atoms with Crippen LogP contribution in [0, 0.1) is 18.8 Å². The average molecular weight is 444 g/mol. The summed E-state index contributed by atoms with van der Waals surface area (Å²) in [6, 6.07) is 3.56. The molecule has 2 fully saturated rings. The minimum atomic E-state index is -0.763. The van der Waals surface area contributed by atoms with Gasteiger partial charge in [0.25, 0.3) is 0 Å². The van der Waals surface area contributed by atoms with Crippen LogP contribution in [0.5, 0.6) is 5.75 Å². The maximum absolute atomic E-state index is 12.0. The summed E-state index contributed by atoms with van der Waals surface area (Å²) in [4.78, 5) is 27.7. The van der Waals surface area contributed by atoms with E-state index in [9.17, 15) is 14.7 Å². The zero-order chi connectivity index (χ0) is 22.5. The molecule has 0 bridgehead atoms. The van der Waals surface area contributed by atoms with Crippen molar-refractivity contribution in [1.82, 2.24) is 15.5 Å². The van der Waals surface area contributed by atoms with Crippen molar-refractivity contribution in [3.8, 4) is 17.2 Å². The minimum absolute atomic E-state index is 0.129. The number of hydrogen-bond donors (Lipinski definition) is 2. The number of nitrogens with zero attached hydrogens (tertiary/aromatic N) is 2. The van der Waals surface area contributed by atoms with Crippen LogP contribution in [0.4, 0.5) is 4.79 Å². The molecule has 9 heteroatoms. The van der Waals surface area contributed by atoms with E-state index in [0.29, 0.717) is 48.3 Å². The van der Waals surface area contributed by atoms with Crippen LogP contribution in [0.1, 0.15) is 56.2 Å². The Morgan fingerprint density at radius 1 is 1.22 bits per heavy atom. The molecular formula is C23H29N3O6. The first kappa shape index (κ1) is 22.1. The SMILES string of the molecule is Cc1noc(-c2ccc(O[C@H]3CCC[C@H](C(=O)O)C3)cn2)c1CNC(=O)OCC1CCC1. The smallest absolute Gasteiger partial charge is 0.407 e. The molecule has 172 valence electrons. The third kappa shape index (κ3) is 5.38. The van der Waals surface area contributed by atoms with E-state index in [-0.39, 0.29) is 18.6 Å². The van der Waals surface area contributed by atoms with Gasteiger partial charge >= 0.3 is 12.1 Å². The molecule has 2 heterocycles. The van der Waals surface area contributed by atoms with Gasteiger partial charge in [0, 0.05) is 5.56 Å². The fourth-order valence-corrected chi connectivity index (χ4v) is 4.12. The number of nitrogens with one attached hydrogen (secondary N) is 1. The summed E-state index contributed by atoms with van der Waals surface area (Å²) in [6.07, 6.45) is 7.34. The van der Waals surface area contributed by atoms with Crippen molar-refractivity contribution in [3.05, 3.63) is 29.6 Å². The molecule has 0 aliphatic heterocycles. The summed E-state index contributed by atoms with van der Waals surface area (Å²) in [6.45, 7) is 2.49. The lowest BCUT2D eigenvalue weighted by atomic mass is 9.86. The Hall–Kier alpha value is -3.10. The number of carboxylic acids is 1. The van der Waals surface area contributed by atoms with Crippen LogP contribution in [0.2, 0.25) is 0 Å². The molecule has 2 aliphatic rings. The third-order valence-electron chi connectivity index (χ3n) is 6.32. The monoisotopic (exact) mass is 443 g/mol. The largest absolute Gasteiger partial charge is 0.489 e. The molecule has 0 spiro atoms. The number of pyridine rings is 1. The summed E-state index contributed by atoms with van der Waals surface area (Å²) in [7, 11) is 0. The van der Waals surface area contributed by atoms with Crippen molar-refractivity contribution >= 4 is 12.1 Å². The van der Waals surface area contributed by atoms with Crippen LogP contribution in [-0.4, -0.2) is 40.0 Å². The Labute approximate surface area is 186 Å². The van der Waals surface area contributed by atoms with Crippen LogP contribution in [0.15, 0.2) is 22.9 Å². The topological polar surface area (TPSA) is 124 Å². The molecule has 0 unspecified atom stereocenters. The maximum atomic E-state index is 12.0. The quantitative estimate of drug-likeness (QED) is 0.625. The van der Waals surface area contributed by atoms with Crippen molar-refractivity contribution in [2.24, 2.45) is 11.8 Å². The molecule has 32 heavy (non-hydrogen) atoms. The first-order valence-corrected chi connectivity index (χ1v) is 11.2. The fourth-order valence-electron chi connectivity index (χ4n) is 4.12. The van der Waals surface area contributed by atoms with Crippen molar-refractivity contribution in [2.45, 2.75) is 64.5 Å². The average Bonchev–Trinajstić information content (AvgIpc) is 3.12. The lowest BCUT2D eigenvalue weighted by molar-refractivity contribution is -0.143. The predicted octanol–water partition coefficient (Wildman–Crippen LogP) is 4.09. The normalized spacial score (nSPS) is 20.9. The van der Waals surface area contributed by atoms with Crippen molar-refractivity contribution in [2.75, 3.05) is 6.61 Å². The van der Waals surface area contributed by atoms with E-state index >= 15 is 0 Å². The lowest BCUT2D eigenvalue weighted by Gasteiger charge is -2.27. The second kappa shape index (κ2) is 10.0. The molecule has 9 nitrogen and oxygen atoms in total. The summed E-state index contributed by atoms with van der Waals surface area (Å²) in [5.74, 6) is 0.438. The molecule has 2 aliphatic carbocycles. The van der Waals surface area contributed by atoms with Gasteiger partial charge in [0.05, 0.1) is 37.1 Å². The van der Waals surface area contributed by atoms with Crippen LogP contribution in [-0.2, 0) is 16.1 Å². The first-order valence-electron chi connectivity index (χ1n) is 11.2. The van der Waals surface area contributed by atoms with E-state index in [1.54, 1.807) is 18.3 Å². The number of alkyl carbamates (subject to hydrolysis) is 1. The van der Waals surface area contributed by atoms with Gasteiger partial charge in [-0.3, -0.25) is 4.79 Å². The van der Waals surface area contributed by atoms with E-state index in [1.165, 1.54) is 6.42 Å². The van der Waals surface area contributed by atoms with E-state index in [2.05, 4.69) is 15.5 Å². The van der Waals surface area contributed by atoms with Gasteiger partial charge in [-0.25, -0.2) is 9.78 Å². The van der Waals surface area contributed by atoms with Gasteiger partial charge in [-0.1, -0.05) is 11.6 Å². The molecule has 0 radical (unpaired) electrons. The van der Waals surface area contributed by atoms with Gasteiger partial charge in [0.1, 0.15) is 11.4 Å². The van der Waals surface area contributed by atoms with Crippen molar-refractivity contribution in [3.63, 3.8) is 0 Å². The zero-order valence-corrected chi connectivity index (χ0v) is 18.2. The number of rotatable bonds is 8. The number of carbonyl (C=O) groups excluding carboxylic acids is 1. The van der Waals surface area contributed by atoms with Crippen LogP contribution >= 0.6 is 0 Å². The van der Waals surface area contributed by atoms with Gasteiger partial charge < -0.3 is 24.4 Å². The first-order chi connectivity index (χ1) is 15.5. The molecule has 1 amide bonds. The second-order valence-corrected chi connectivity index (χ2v) is 8.65. The number of aliphatic carboxylic acids is 1. The number of hydrogen-bond acceptors (Lipinski definition) is 7. The van der Waals surface area contributed by atoms with Crippen molar-refractivity contribution in [1.29, 1.82) is 0 Å². The molecule has 0 saturated heterocycles. The summed E-state index contributed by atoms with van der Waals surface area (Å²) in [5.41, 5.74) is 1.98. The van der Waals surface area contributed by atoms with E-state index < -0.39 is 12.1 Å². The van der Waals surface area contributed by atoms with E-state index in [4.69, 9.17) is 14.0 Å². The lowest BCUT2D eigenvalue weighted by Crippen LogP contribution is -2.29. The highest BCUT2D eigenvalue weighted by atomic mass is 16.5. The number of ether oxygens (including phenoxy) is 2. The molecular weight excluding hydrogens is 414 g/mol. The number of carboxylic acid groups (broad SMARTS) is 1. The number of carbonyl (C=O) groups is 2. The van der Waals surface area contributed by atoms with Crippen LogP contribution < -0.4 is 10.1 Å². The highest BCUT2D eigenvalue weighted by molar-refractivity contribution is 5.70. The second-order valence-electron chi connectivity index (χ2n) is 8.65. The predicted molar refractivity (Wildman–Crippen MR) is 114 cm³/mol. The minimum Gasteiger partial charge on any atom is -0.489 e. The van der Waals surface area contributed by atoms with Gasteiger partial charge in [0.15, 0.2) is 5.76 Å². The Morgan fingerprint density at radius 3 is 2.72 bits per heavy atom. The Morgan fingerprint density at radius 2 is 2.03 bits per heavy atom. The maximum Gasteiger partial charge on any atom is 0.407 e. The van der Waals surface area contributed by atoms with Gasteiger partial charge in [-0.15, -0.1) is 0 Å². The van der Waals surface area contributed by atoms with Crippen molar-refractivity contribution < 1.29 is 28.7 Å². The van der Waals surface area contributed by atoms with E-state index in [1.807, 2.05) is 6.92 Å². The van der Waals surface area contributed by atoms with Crippen LogP contribution in [0.3, 0.4) is 0 Å². The Balaban J connectivity index is 1.34. The number of amides is 1. The number of aromatic nitrogens is 2. The summed E-state index contributed by atoms with van der Waals surface area (Å²) in [5, 5.41) is 16.0. The van der Waals surface area contributed by atoms with E-state index in [0.717, 1.165) is 31.2 Å². The molecule has 2 aromatic rings. The Bertz CT molecular complexity index is 938. The molecule has 2 atom stereocenters. The van der Waals surface area contributed by atoms with Gasteiger partial charge in [0.2, 0.25) is 0 Å².